The van der Waals surface area contributed by atoms with Gasteiger partial charge in [-0.2, -0.15) is 0 Å². The molecule has 1 aliphatic rings. The number of hydrogen-bond acceptors (Lipinski definition) is 4. The number of H-pyrrole nitrogens is 1. The third-order valence-corrected chi connectivity index (χ3v) is 5.59. The van der Waals surface area contributed by atoms with E-state index in [4.69, 9.17) is 4.84 Å². The fourth-order valence-electron chi connectivity index (χ4n) is 4.38. The van der Waals surface area contributed by atoms with E-state index in [1.807, 2.05) is 26.8 Å². The number of nitrogens with one attached hydrogen (secondary N) is 1. The number of aromatic hydroxyl groups is 1. The number of aromatic amines is 1. The molecule has 0 saturated carbocycles. The van der Waals surface area contributed by atoms with Crippen molar-refractivity contribution in [1.82, 2.24) is 14.9 Å². The molecule has 2 heterocycles. The Morgan fingerprint density at radius 3 is 2.75 bits per heavy atom. The highest BCUT2D eigenvalue weighted by Crippen LogP contribution is 2.39. The summed E-state index contributed by atoms with van der Waals surface area (Å²) in [6, 6.07) is 12.8. The minimum absolute atomic E-state index is 0.138. The molecule has 168 valence electrons. The Bertz CT molecular complexity index is 1160. The van der Waals surface area contributed by atoms with Crippen LogP contribution in [0.3, 0.4) is 0 Å². The lowest BCUT2D eigenvalue weighted by molar-refractivity contribution is -0.217. The molecule has 1 aliphatic heterocycles. The van der Waals surface area contributed by atoms with E-state index in [2.05, 4.69) is 30.1 Å². The van der Waals surface area contributed by atoms with Crippen LogP contribution in [-0.2, 0) is 20.8 Å². The molecule has 2 aromatic carbocycles. The van der Waals surface area contributed by atoms with Gasteiger partial charge >= 0.3 is 0 Å². The lowest BCUT2D eigenvalue weighted by Crippen LogP contribution is -2.46. The van der Waals surface area contributed by atoms with Gasteiger partial charge in [-0.05, 0) is 69.5 Å². The van der Waals surface area contributed by atoms with Crippen LogP contribution in [0, 0.1) is 6.92 Å². The van der Waals surface area contributed by atoms with E-state index < -0.39 is 11.6 Å². The number of aryl methyl sites for hydroxylation is 1. The summed E-state index contributed by atoms with van der Waals surface area (Å²) in [5, 5.41) is 12.3. The first-order valence-corrected chi connectivity index (χ1v) is 10.8. The van der Waals surface area contributed by atoms with E-state index >= 15 is 0 Å². The molecule has 1 aromatic heterocycles. The van der Waals surface area contributed by atoms with Gasteiger partial charge in [-0.1, -0.05) is 23.8 Å². The van der Waals surface area contributed by atoms with Gasteiger partial charge in [0.25, 0.3) is 0 Å². The second-order valence-corrected chi connectivity index (χ2v) is 9.29. The number of rotatable bonds is 5. The summed E-state index contributed by atoms with van der Waals surface area (Å²) in [7, 11) is 0. The molecular weight excluding hydrogens is 406 g/mol. The third-order valence-electron chi connectivity index (χ3n) is 5.59. The van der Waals surface area contributed by atoms with Crippen molar-refractivity contribution in [2.75, 3.05) is 13.1 Å². The van der Waals surface area contributed by atoms with Crippen molar-refractivity contribution in [2.24, 2.45) is 0 Å². The molecular formula is C25H29N3O4. The molecule has 1 unspecified atom stereocenters. The lowest BCUT2D eigenvalue weighted by atomic mass is 9.92. The Morgan fingerprint density at radius 2 is 2.06 bits per heavy atom. The number of amides is 2. The molecule has 4 rings (SSSR count). The number of carbonyl (C=O) groups is 2. The van der Waals surface area contributed by atoms with Crippen molar-refractivity contribution in [3.8, 4) is 5.75 Å². The Labute approximate surface area is 187 Å². The second-order valence-electron chi connectivity index (χ2n) is 9.29. The van der Waals surface area contributed by atoms with Gasteiger partial charge in [0.15, 0.2) is 0 Å². The van der Waals surface area contributed by atoms with Crippen LogP contribution in [0.25, 0.3) is 10.9 Å². The fraction of sp³-hybridized carbons (Fsp3) is 0.360. The van der Waals surface area contributed by atoms with Crippen molar-refractivity contribution in [3.63, 3.8) is 0 Å². The number of carbonyl (C=O) groups excluding carboxylic acids is 2. The molecule has 32 heavy (non-hydrogen) atoms. The van der Waals surface area contributed by atoms with Gasteiger partial charge < -0.3 is 15.0 Å². The van der Waals surface area contributed by atoms with Gasteiger partial charge in [0.1, 0.15) is 12.3 Å². The second kappa shape index (κ2) is 8.31. The normalized spacial score (nSPS) is 16.1. The van der Waals surface area contributed by atoms with Gasteiger partial charge in [-0.25, -0.2) is 5.06 Å². The van der Waals surface area contributed by atoms with E-state index in [1.165, 1.54) is 11.1 Å². The molecule has 0 fully saturated rings. The van der Waals surface area contributed by atoms with E-state index in [0.29, 0.717) is 19.4 Å². The van der Waals surface area contributed by atoms with Crippen LogP contribution in [0.4, 0.5) is 0 Å². The van der Waals surface area contributed by atoms with Gasteiger partial charge in [-0.15, -0.1) is 0 Å². The molecule has 0 radical (unpaired) electrons. The first-order valence-electron chi connectivity index (χ1n) is 10.8. The zero-order chi connectivity index (χ0) is 23.0. The van der Waals surface area contributed by atoms with E-state index in [0.717, 1.165) is 27.2 Å². The molecule has 7 nitrogen and oxygen atoms in total. The number of fused-ring (bicyclic) bond motifs is 3. The zero-order valence-corrected chi connectivity index (χ0v) is 18.9. The van der Waals surface area contributed by atoms with Gasteiger partial charge in [0.2, 0.25) is 12.3 Å². The maximum atomic E-state index is 13.4. The first kappa shape index (κ1) is 21.9. The molecule has 3 aromatic rings. The van der Waals surface area contributed by atoms with Crippen LogP contribution in [-0.4, -0.2) is 51.1 Å². The molecule has 0 saturated heterocycles. The Morgan fingerprint density at radius 1 is 1.28 bits per heavy atom. The topological polar surface area (TPSA) is 85.9 Å². The predicted octanol–water partition coefficient (Wildman–Crippen LogP) is 3.84. The SMILES string of the molecule is Cc1ccc2[nH]c3c(c2c1)CCN(C(=O)CN(C=O)OC(C)(C)C)C3c1cccc(O)c1. The summed E-state index contributed by atoms with van der Waals surface area (Å²) in [6.07, 6.45) is 1.23. The summed E-state index contributed by atoms with van der Waals surface area (Å²) in [5.74, 6) is -0.0882. The van der Waals surface area contributed by atoms with E-state index in [1.54, 1.807) is 23.1 Å². The van der Waals surface area contributed by atoms with Crippen LogP contribution in [0.15, 0.2) is 42.5 Å². The summed E-state index contributed by atoms with van der Waals surface area (Å²) in [5.41, 5.74) is 4.51. The molecule has 0 aliphatic carbocycles. The number of hydroxylamine groups is 2. The van der Waals surface area contributed by atoms with Crippen LogP contribution in [0.1, 0.15) is 49.2 Å². The third kappa shape index (κ3) is 4.34. The zero-order valence-electron chi connectivity index (χ0n) is 18.9. The number of hydrogen-bond donors (Lipinski definition) is 2. The highest BCUT2D eigenvalue weighted by Gasteiger charge is 2.35. The summed E-state index contributed by atoms with van der Waals surface area (Å²) in [6.45, 7) is 7.84. The van der Waals surface area contributed by atoms with E-state index in [9.17, 15) is 14.7 Å². The number of aromatic nitrogens is 1. The van der Waals surface area contributed by atoms with Crippen LogP contribution in [0.2, 0.25) is 0 Å². The molecule has 2 N–H and O–H groups in total. The molecule has 7 heteroatoms. The quantitative estimate of drug-likeness (QED) is 0.471. The molecule has 2 amide bonds. The largest absolute Gasteiger partial charge is 0.508 e. The van der Waals surface area contributed by atoms with Crippen LogP contribution < -0.4 is 0 Å². The molecule has 0 bridgehead atoms. The highest BCUT2D eigenvalue weighted by molar-refractivity contribution is 5.87. The Balaban J connectivity index is 1.75. The average molecular weight is 436 g/mol. The number of benzene rings is 2. The van der Waals surface area contributed by atoms with Crippen molar-refractivity contribution in [2.45, 2.75) is 45.8 Å². The number of nitrogens with zero attached hydrogens (tertiary/aromatic N) is 2. The maximum Gasteiger partial charge on any atom is 0.245 e. The van der Waals surface area contributed by atoms with Crippen LogP contribution in [0.5, 0.6) is 5.75 Å². The minimum atomic E-state index is -0.601. The summed E-state index contributed by atoms with van der Waals surface area (Å²) in [4.78, 5) is 35.8. The average Bonchev–Trinajstić information content (AvgIpc) is 3.09. The van der Waals surface area contributed by atoms with Crippen molar-refractivity contribution < 1.29 is 19.5 Å². The minimum Gasteiger partial charge on any atom is -0.508 e. The smallest absolute Gasteiger partial charge is 0.245 e. The van der Waals surface area contributed by atoms with Gasteiger partial charge in [0.05, 0.1) is 11.6 Å². The predicted molar refractivity (Wildman–Crippen MR) is 122 cm³/mol. The lowest BCUT2D eigenvalue weighted by Gasteiger charge is -2.37. The fourth-order valence-corrected chi connectivity index (χ4v) is 4.38. The Hall–Kier alpha value is -3.32. The Kier molecular flexibility index (Phi) is 5.69. The van der Waals surface area contributed by atoms with Gasteiger partial charge in [-0.3, -0.25) is 14.4 Å². The molecule has 1 atom stereocenters. The van der Waals surface area contributed by atoms with Gasteiger partial charge in [0, 0.05) is 23.1 Å². The van der Waals surface area contributed by atoms with Crippen molar-refractivity contribution in [1.29, 1.82) is 0 Å². The monoisotopic (exact) mass is 435 g/mol. The van der Waals surface area contributed by atoms with Crippen LogP contribution >= 0.6 is 0 Å². The van der Waals surface area contributed by atoms with E-state index in [-0.39, 0.29) is 18.2 Å². The first-order chi connectivity index (χ1) is 15.2. The van der Waals surface area contributed by atoms with Crippen molar-refractivity contribution >= 4 is 23.2 Å². The standard InChI is InChI=1S/C25H29N3O4/c1-16-8-9-21-20(12-16)19-10-11-28(22(31)14-27(15-29)32-25(2,3)4)24(23(19)26-21)17-6-5-7-18(30)13-17/h5-9,12-13,15,24,26,30H,10-11,14H2,1-4H3. The number of phenols is 1. The summed E-state index contributed by atoms with van der Waals surface area (Å²) < 4.78 is 0. The number of phenolic OH excluding ortho intramolecular Hbond substituents is 1. The highest BCUT2D eigenvalue weighted by atomic mass is 16.7. The maximum absolute atomic E-state index is 13.4. The van der Waals surface area contributed by atoms with Crippen molar-refractivity contribution in [3.05, 3.63) is 64.8 Å². The molecule has 0 spiro atoms. The summed E-state index contributed by atoms with van der Waals surface area (Å²) >= 11 is 0.